The van der Waals surface area contributed by atoms with Gasteiger partial charge >= 0.3 is 0 Å². The quantitative estimate of drug-likeness (QED) is 0.574. The predicted molar refractivity (Wildman–Crippen MR) is 88.3 cm³/mol. The predicted octanol–water partition coefficient (Wildman–Crippen LogP) is 3.21. The lowest BCUT2D eigenvalue weighted by Gasteiger charge is -2.15. The molecule has 1 aromatic carbocycles. The van der Waals surface area contributed by atoms with Gasteiger partial charge in [-0.2, -0.15) is 5.10 Å². The average molecular weight is 332 g/mol. The molecule has 0 aliphatic carbocycles. The molecule has 2 aromatic heterocycles. The van der Waals surface area contributed by atoms with Gasteiger partial charge in [-0.05, 0) is 44.5 Å². The van der Waals surface area contributed by atoms with E-state index in [-0.39, 0.29) is 5.82 Å². The first-order valence-corrected chi connectivity index (χ1v) is 8.22. The van der Waals surface area contributed by atoms with E-state index in [1.54, 1.807) is 48.6 Å². The van der Waals surface area contributed by atoms with Crippen LogP contribution < -0.4 is 0 Å². The largest absolute Gasteiger partial charge is 0.390 e. The Morgan fingerprint density at radius 1 is 1.22 bits per heavy atom. The molecule has 0 saturated carbocycles. The molecule has 23 heavy (non-hydrogen) atoms. The Hall–Kier alpha value is -1.99. The van der Waals surface area contributed by atoms with Crippen molar-refractivity contribution in [2.24, 2.45) is 0 Å². The van der Waals surface area contributed by atoms with Crippen LogP contribution in [-0.4, -0.2) is 36.2 Å². The van der Waals surface area contributed by atoms with E-state index in [1.807, 2.05) is 0 Å². The van der Waals surface area contributed by atoms with Gasteiger partial charge in [0.15, 0.2) is 5.65 Å². The van der Waals surface area contributed by atoms with Gasteiger partial charge in [-0.3, -0.25) is 0 Å². The van der Waals surface area contributed by atoms with Crippen LogP contribution in [-0.2, 0) is 0 Å². The first-order valence-electron chi connectivity index (χ1n) is 7.24. The summed E-state index contributed by atoms with van der Waals surface area (Å²) in [7, 11) is 0. The molecular weight excluding hydrogens is 315 g/mol. The van der Waals surface area contributed by atoms with Crippen molar-refractivity contribution in [1.82, 2.24) is 19.7 Å². The van der Waals surface area contributed by atoms with E-state index in [0.717, 1.165) is 21.9 Å². The Morgan fingerprint density at radius 2 is 1.96 bits per heavy atom. The molecule has 3 rings (SSSR count). The van der Waals surface area contributed by atoms with Gasteiger partial charge in [0.25, 0.3) is 0 Å². The summed E-state index contributed by atoms with van der Waals surface area (Å²) in [4.78, 5) is 8.59. The lowest BCUT2D eigenvalue weighted by atomic mass is 10.1. The molecule has 5 nitrogen and oxygen atoms in total. The highest BCUT2D eigenvalue weighted by Crippen LogP contribution is 2.27. The van der Waals surface area contributed by atoms with Crippen LogP contribution in [0, 0.1) is 5.82 Å². The molecule has 0 aliphatic heterocycles. The first kappa shape index (κ1) is 15.9. The van der Waals surface area contributed by atoms with Crippen molar-refractivity contribution in [3.05, 3.63) is 42.6 Å². The van der Waals surface area contributed by atoms with Gasteiger partial charge in [-0.25, -0.2) is 19.0 Å². The van der Waals surface area contributed by atoms with E-state index in [4.69, 9.17) is 0 Å². The molecule has 0 atom stereocenters. The van der Waals surface area contributed by atoms with E-state index < -0.39 is 5.60 Å². The highest BCUT2D eigenvalue weighted by Gasteiger charge is 2.15. The summed E-state index contributed by atoms with van der Waals surface area (Å²) < 4.78 is 14.7. The van der Waals surface area contributed by atoms with Crippen molar-refractivity contribution >= 4 is 22.8 Å². The summed E-state index contributed by atoms with van der Waals surface area (Å²) >= 11 is 1.56. The second kappa shape index (κ2) is 6.25. The number of hydrogen-bond donors (Lipinski definition) is 1. The van der Waals surface area contributed by atoms with Crippen LogP contribution in [0.1, 0.15) is 20.3 Å². The van der Waals surface area contributed by atoms with Crippen LogP contribution in [0.15, 0.2) is 41.8 Å². The third-order valence-electron chi connectivity index (χ3n) is 3.35. The van der Waals surface area contributed by atoms with E-state index in [1.165, 1.54) is 18.5 Å². The van der Waals surface area contributed by atoms with E-state index in [0.29, 0.717) is 12.1 Å². The van der Waals surface area contributed by atoms with Crippen LogP contribution in [0.3, 0.4) is 0 Å². The van der Waals surface area contributed by atoms with Crippen LogP contribution in [0.2, 0.25) is 0 Å². The molecule has 2 heterocycles. The maximum absolute atomic E-state index is 13.1. The van der Waals surface area contributed by atoms with E-state index in [9.17, 15) is 9.50 Å². The second-order valence-electron chi connectivity index (χ2n) is 5.86. The SMILES string of the molecule is CC(C)(O)CCSc1ncnc2c1cnn2-c1ccc(F)cc1. The number of rotatable bonds is 5. The van der Waals surface area contributed by atoms with Gasteiger partial charge in [-0.15, -0.1) is 11.8 Å². The fourth-order valence-electron chi connectivity index (χ4n) is 2.11. The molecule has 0 saturated heterocycles. The molecule has 0 bridgehead atoms. The van der Waals surface area contributed by atoms with Crippen LogP contribution in [0.25, 0.3) is 16.7 Å². The molecule has 120 valence electrons. The zero-order valence-corrected chi connectivity index (χ0v) is 13.7. The summed E-state index contributed by atoms with van der Waals surface area (Å²) in [5, 5.41) is 15.8. The molecular formula is C16H17FN4OS. The lowest BCUT2D eigenvalue weighted by molar-refractivity contribution is 0.0777. The van der Waals surface area contributed by atoms with Gasteiger partial charge in [0, 0.05) is 5.75 Å². The topological polar surface area (TPSA) is 63.8 Å². The number of hydrogen-bond acceptors (Lipinski definition) is 5. The van der Waals surface area contributed by atoms with Crippen molar-refractivity contribution in [3.8, 4) is 5.69 Å². The normalized spacial score (nSPS) is 12.0. The number of aliphatic hydroxyl groups is 1. The molecule has 0 fully saturated rings. The molecule has 1 N–H and O–H groups in total. The van der Waals surface area contributed by atoms with Gasteiger partial charge in [0.2, 0.25) is 0 Å². The average Bonchev–Trinajstić information content (AvgIpc) is 2.92. The number of fused-ring (bicyclic) bond motifs is 1. The Balaban J connectivity index is 1.89. The number of nitrogens with zero attached hydrogens (tertiary/aromatic N) is 4. The third kappa shape index (κ3) is 3.68. The number of thioether (sulfide) groups is 1. The minimum Gasteiger partial charge on any atom is -0.390 e. The first-order chi connectivity index (χ1) is 10.9. The van der Waals surface area contributed by atoms with Crippen molar-refractivity contribution in [1.29, 1.82) is 0 Å². The van der Waals surface area contributed by atoms with Crippen molar-refractivity contribution in [3.63, 3.8) is 0 Å². The standard InChI is InChI=1S/C16H17FN4OS/c1-16(2,22)7-8-23-15-13-9-20-21(14(13)18-10-19-15)12-5-3-11(17)4-6-12/h3-6,9-10,22H,7-8H2,1-2H3. The summed E-state index contributed by atoms with van der Waals surface area (Å²) in [5.74, 6) is 0.458. The summed E-state index contributed by atoms with van der Waals surface area (Å²) in [6, 6.07) is 6.10. The highest BCUT2D eigenvalue weighted by molar-refractivity contribution is 7.99. The number of aromatic nitrogens is 4. The molecule has 7 heteroatoms. The third-order valence-corrected chi connectivity index (χ3v) is 4.36. The molecule has 0 radical (unpaired) electrons. The van der Waals surface area contributed by atoms with E-state index in [2.05, 4.69) is 15.1 Å². The zero-order chi connectivity index (χ0) is 16.4. The summed E-state index contributed by atoms with van der Waals surface area (Å²) in [6.45, 7) is 3.57. The summed E-state index contributed by atoms with van der Waals surface area (Å²) in [5.41, 5.74) is 0.724. The Labute approximate surface area is 137 Å². The van der Waals surface area contributed by atoms with Crippen LogP contribution in [0.5, 0.6) is 0 Å². The van der Waals surface area contributed by atoms with Gasteiger partial charge < -0.3 is 5.11 Å². The minimum absolute atomic E-state index is 0.289. The maximum atomic E-state index is 13.1. The van der Waals surface area contributed by atoms with Crippen molar-refractivity contribution in [2.75, 3.05) is 5.75 Å². The highest BCUT2D eigenvalue weighted by atomic mass is 32.2. The maximum Gasteiger partial charge on any atom is 0.167 e. The Bertz CT molecular complexity index is 811. The molecule has 0 spiro atoms. The van der Waals surface area contributed by atoms with Gasteiger partial charge in [-0.1, -0.05) is 0 Å². The van der Waals surface area contributed by atoms with Crippen LogP contribution >= 0.6 is 11.8 Å². The lowest BCUT2D eigenvalue weighted by Crippen LogP contribution is -2.19. The fraction of sp³-hybridized carbons (Fsp3) is 0.312. The second-order valence-corrected chi connectivity index (χ2v) is 6.94. The number of benzene rings is 1. The number of halogens is 1. The Kier molecular flexibility index (Phi) is 4.32. The molecule has 0 amide bonds. The summed E-state index contributed by atoms with van der Waals surface area (Å²) in [6.07, 6.45) is 3.87. The molecule has 0 unspecified atom stereocenters. The van der Waals surface area contributed by atoms with Crippen molar-refractivity contribution in [2.45, 2.75) is 30.9 Å². The monoisotopic (exact) mass is 332 g/mol. The van der Waals surface area contributed by atoms with Crippen molar-refractivity contribution < 1.29 is 9.50 Å². The zero-order valence-electron chi connectivity index (χ0n) is 12.9. The van der Waals surface area contributed by atoms with Crippen LogP contribution in [0.4, 0.5) is 4.39 Å². The smallest absolute Gasteiger partial charge is 0.167 e. The van der Waals surface area contributed by atoms with Gasteiger partial charge in [0.1, 0.15) is 17.2 Å². The minimum atomic E-state index is -0.697. The fourth-order valence-corrected chi connectivity index (χ4v) is 3.32. The molecule has 3 aromatic rings. The van der Waals surface area contributed by atoms with E-state index >= 15 is 0 Å². The van der Waals surface area contributed by atoms with Gasteiger partial charge in [0.05, 0.1) is 22.9 Å². The molecule has 0 aliphatic rings. The Morgan fingerprint density at radius 3 is 2.65 bits per heavy atom.